The average Bonchev–Trinajstić information content (AvgIpc) is 2.41. The van der Waals surface area contributed by atoms with Crippen molar-refractivity contribution in [3.8, 4) is 0 Å². The van der Waals surface area contributed by atoms with Gasteiger partial charge in [-0.05, 0) is 35.9 Å². The van der Waals surface area contributed by atoms with Crippen LogP contribution in [0.2, 0.25) is 5.02 Å². The first-order valence-corrected chi connectivity index (χ1v) is 6.46. The molecule has 2 aromatic rings. The van der Waals surface area contributed by atoms with Crippen molar-refractivity contribution in [2.45, 2.75) is 6.61 Å². The SMILES string of the molecule is COCc1ccc(NC(=O)Nc2cccc(Cl)c2)cc1. The lowest BCUT2D eigenvalue weighted by Gasteiger charge is -2.08. The summed E-state index contributed by atoms with van der Waals surface area (Å²) in [5, 5.41) is 6.03. The van der Waals surface area contributed by atoms with Crippen LogP contribution in [0.4, 0.5) is 16.2 Å². The third-order valence-corrected chi connectivity index (χ3v) is 2.84. The molecule has 0 atom stereocenters. The molecule has 0 aliphatic rings. The Bertz CT molecular complexity index is 585. The number of urea groups is 1. The summed E-state index contributed by atoms with van der Waals surface area (Å²) in [5.41, 5.74) is 2.41. The Morgan fingerprint density at radius 3 is 2.45 bits per heavy atom. The summed E-state index contributed by atoms with van der Waals surface area (Å²) in [5.74, 6) is 0. The maximum Gasteiger partial charge on any atom is 0.323 e. The number of ether oxygens (including phenoxy) is 1. The fraction of sp³-hybridized carbons (Fsp3) is 0.133. The summed E-state index contributed by atoms with van der Waals surface area (Å²) in [6, 6.07) is 14.1. The fourth-order valence-electron chi connectivity index (χ4n) is 1.71. The molecule has 2 aromatic carbocycles. The first-order chi connectivity index (χ1) is 9.67. The van der Waals surface area contributed by atoms with Crippen molar-refractivity contribution >= 4 is 29.0 Å². The Labute approximate surface area is 122 Å². The number of hydrogen-bond acceptors (Lipinski definition) is 2. The average molecular weight is 291 g/mol. The van der Waals surface area contributed by atoms with Crippen molar-refractivity contribution in [1.29, 1.82) is 0 Å². The van der Waals surface area contributed by atoms with Crippen LogP contribution in [0, 0.1) is 0 Å². The predicted octanol–water partition coefficient (Wildman–Crippen LogP) is 4.13. The van der Waals surface area contributed by atoms with Gasteiger partial charge in [-0.3, -0.25) is 0 Å². The Hall–Kier alpha value is -2.04. The van der Waals surface area contributed by atoms with E-state index < -0.39 is 0 Å². The molecule has 0 saturated carbocycles. The van der Waals surface area contributed by atoms with E-state index in [1.54, 1.807) is 31.4 Å². The van der Waals surface area contributed by atoms with Crippen molar-refractivity contribution in [3.05, 3.63) is 59.1 Å². The molecule has 104 valence electrons. The summed E-state index contributed by atoms with van der Waals surface area (Å²) in [6.07, 6.45) is 0. The summed E-state index contributed by atoms with van der Waals surface area (Å²) in [6.45, 7) is 0.551. The molecular weight excluding hydrogens is 276 g/mol. The highest BCUT2D eigenvalue weighted by atomic mass is 35.5. The van der Waals surface area contributed by atoms with E-state index in [2.05, 4.69) is 10.6 Å². The molecule has 4 nitrogen and oxygen atoms in total. The third kappa shape index (κ3) is 4.26. The van der Waals surface area contributed by atoms with Crippen LogP contribution in [0.25, 0.3) is 0 Å². The van der Waals surface area contributed by atoms with E-state index in [4.69, 9.17) is 16.3 Å². The Morgan fingerprint density at radius 1 is 1.10 bits per heavy atom. The van der Waals surface area contributed by atoms with Gasteiger partial charge in [0.1, 0.15) is 0 Å². The normalized spacial score (nSPS) is 10.1. The van der Waals surface area contributed by atoms with Crippen LogP contribution in [-0.2, 0) is 11.3 Å². The van der Waals surface area contributed by atoms with Gasteiger partial charge in [-0.25, -0.2) is 4.79 Å². The molecule has 2 amide bonds. The fourth-order valence-corrected chi connectivity index (χ4v) is 1.90. The van der Waals surface area contributed by atoms with E-state index in [1.165, 1.54) is 0 Å². The monoisotopic (exact) mass is 290 g/mol. The lowest BCUT2D eigenvalue weighted by atomic mass is 10.2. The highest BCUT2D eigenvalue weighted by molar-refractivity contribution is 6.30. The second-order valence-electron chi connectivity index (χ2n) is 4.22. The molecule has 0 aliphatic carbocycles. The number of benzene rings is 2. The Morgan fingerprint density at radius 2 is 1.80 bits per heavy atom. The number of carbonyl (C=O) groups is 1. The molecule has 20 heavy (non-hydrogen) atoms. The molecule has 0 fully saturated rings. The highest BCUT2D eigenvalue weighted by Gasteiger charge is 2.03. The number of halogens is 1. The summed E-state index contributed by atoms with van der Waals surface area (Å²) in [7, 11) is 1.64. The van der Waals surface area contributed by atoms with E-state index in [0.29, 0.717) is 23.0 Å². The molecule has 2 rings (SSSR count). The quantitative estimate of drug-likeness (QED) is 0.889. The Balaban J connectivity index is 1.94. The molecule has 0 radical (unpaired) electrons. The van der Waals surface area contributed by atoms with Gasteiger partial charge in [0.15, 0.2) is 0 Å². The van der Waals surface area contributed by atoms with Crippen LogP contribution in [0.5, 0.6) is 0 Å². The maximum atomic E-state index is 11.8. The molecular formula is C15H15ClN2O2. The maximum absolute atomic E-state index is 11.8. The van der Waals surface area contributed by atoms with Crippen LogP contribution in [0.3, 0.4) is 0 Å². The predicted molar refractivity (Wildman–Crippen MR) is 81.2 cm³/mol. The van der Waals surface area contributed by atoms with Crippen molar-refractivity contribution in [2.24, 2.45) is 0 Å². The van der Waals surface area contributed by atoms with Gasteiger partial charge in [0.2, 0.25) is 0 Å². The largest absolute Gasteiger partial charge is 0.380 e. The number of carbonyl (C=O) groups excluding carboxylic acids is 1. The van der Waals surface area contributed by atoms with Gasteiger partial charge in [0, 0.05) is 23.5 Å². The zero-order valence-corrected chi connectivity index (χ0v) is 11.8. The van der Waals surface area contributed by atoms with Crippen molar-refractivity contribution < 1.29 is 9.53 Å². The smallest absolute Gasteiger partial charge is 0.323 e. The highest BCUT2D eigenvalue weighted by Crippen LogP contribution is 2.16. The summed E-state index contributed by atoms with van der Waals surface area (Å²) >= 11 is 5.85. The molecule has 0 bridgehead atoms. The molecule has 0 spiro atoms. The number of nitrogens with one attached hydrogen (secondary N) is 2. The molecule has 2 N–H and O–H groups in total. The number of amides is 2. The minimum Gasteiger partial charge on any atom is -0.380 e. The molecule has 0 heterocycles. The molecule has 0 unspecified atom stereocenters. The van der Waals surface area contributed by atoms with Crippen LogP contribution in [-0.4, -0.2) is 13.1 Å². The van der Waals surface area contributed by atoms with Crippen molar-refractivity contribution in [1.82, 2.24) is 0 Å². The van der Waals surface area contributed by atoms with Gasteiger partial charge in [-0.15, -0.1) is 0 Å². The second-order valence-corrected chi connectivity index (χ2v) is 4.66. The van der Waals surface area contributed by atoms with Crippen LogP contribution in [0.1, 0.15) is 5.56 Å². The molecule has 0 aromatic heterocycles. The lowest BCUT2D eigenvalue weighted by Crippen LogP contribution is -2.19. The van der Waals surface area contributed by atoms with E-state index in [1.807, 2.05) is 24.3 Å². The van der Waals surface area contributed by atoms with E-state index in [-0.39, 0.29) is 6.03 Å². The first kappa shape index (κ1) is 14.4. The zero-order valence-electron chi connectivity index (χ0n) is 11.0. The summed E-state index contributed by atoms with van der Waals surface area (Å²) in [4.78, 5) is 11.8. The van der Waals surface area contributed by atoms with E-state index in [0.717, 1.165) is 5.56 Å². The molecule has 0 saturated heterocycles. The van der Waals surface area contributed by atoms with E-state index >= 15 is 0 Å². The minimum absolute atomic E-state index is 0.313. The number of anilines is 2. The van der Waals surface area contributed by atoms with Crippen LogP contribution in [0.15, 0.2) is 48.5 Å². The van der Waals surface area contributed by atoms with Gasteiger partial charge in [-0.2, -0.15) is 0 Å². The molecule has 0 aliphatic heterocycles. The first-order valence-electron chi connectivity index (χ1n) is 6.09. The van der Waals surface area contributed by atoms with Crippen molar-refractivity contribution in [3.63, 3.8) is 0 Å². The lowest BCUT2D eigenvalue weighted by molar-refractivity contribution is 0.185. The molecule has 5 heteroatoms. The van der Waals surface area contributed by atoms with Gasteiger partial charge < -0.3 is 15.4 Å². The zero-order chi connectivity index (χ0) is 14.4. The second kappa shape index (κ2) is 6.93. The van der Waals surface area contributed by atoms with Gasteiger partial charge in [0.05, 0.1) is 6.61 Å². The number of methoxy groups -OCH3 is 1. The third-order valence-electron chi connectivity index (χ3n) is 2.61. The number of hydrogen-bond donors (Lipinski definition) is 2. The number of rotatable bonds is 4. The van der Waals surface area contributed by atoms with Crippen LogP contribution >= 0.6 is 11.6 Å². The Kier molecular flexibility index (Phi) is 4.98. The minimum atomic E-state index is -0.313. The standard InChI is InChI=1S/C15H15ClN2O2/c1-20-10-11-5-7-13(8-6-11)17-15(19)18-14-4-2-3-12(16)9-14/h2-9H,10H2,1H3,(H2,17,18,19). The summed E-state index contributed by atoms with van der Waals surface area (Å²) < 4.78 is 5.03. The van der Waals surface area contributed by atoms with Gasteiger partial charge >= 0.3 is 6.03 Å². The topological polar surface area (TPSA) is 50.4 Å². The van der Waals surface area contributed by atoms with Gasteiger partial charge in [-0.1, -0.05) is 29.8 Å². The van der Waals surface area contributed by atoms with Crippen LogP contribution < -0.4 is 10.6 Å². The van der Waals surface area contributed by atoms with E-state index in [9.17, 15) is 4.79 Å². The van der Waals surface area contributed by atoms with Crippen molar-refractivity contribution in [2.75, 3.05) is 17.7 Å². The van der Waals surface area contributed by atoms with Gasteiger partial charge in [0.25, 0.3) is 0 Å².